The minimum atomic E-state index is -0.554. The third-order valence-electron chi connectivity index (χ3n) is 5.15. The van der Waals surface area contributed by atoms with Crippen LogP contribution in [0.15, 0.2) is 89.5 Å². The monoisotopic (exact) mass is 494 g/mol. The van der Waals surface area contributed by atoms with Crippen molar-refractivity contribution >= 4 is 51.2 Å². The molecule has 5 rings (SSSR count). The Labute approximate surface area is 209 Å². The van der Waals surface area contributed by atoms with Crippen LogP contribution in [0.4, 0.5) is 22.9 Å². The average molecular weight is 495 g/mol. The molecule has 0 spiro atoms. The van der Waals surface area contributed by atoms with Crippen molar-refractivity contribution in [1.29, 1.82) is 0 Å². The van der Waals surface area contributed by atoms with Crippen molar-refractivity contribution in [2.45, 2.75) is 0 Å². The van der Waals surface area contributed by atoms with Crippen molar-refractivity contribution in [1.82, 2.24) is 19.7 Å². The summed E-state index contributed by atoms with van der Waals surface area (Å²) >= 11 is 6.02. The number of nitrogens with zero attached hydrogens (tertiary/aromatic N) is 7. The van der Waals surface area contributed by atoms with Gasteiger partial charge in [0, 0.05) is 28.5 Å². The van der Waals surface area contributed by atoms with Crippen molar-refractivity contribution in [2.24, 2.45) is 10.2 Å². The molecule has 0 fully saturated rings. The van der Waals surface area contributed by atoms with E-state index in [0.29, 0.717) is 21.5 Å². The lowest BCUT2D eigenvalue weighted by Crippen LogP contribution is -2.12. The SMILES string of the molecule is [C-]#[N+]c1cnn(-c2ncccn2)c1N=Nc1c(O)c(C(=O)Nc2cccc(Cl)c2)cc2ccccc12. The zero-order valence-corrected chi connectivity index (χ0v) is 19.1. The number of fused-ring (bicyclic) bond motifs is 1. The third-order valence-corrected chi connectivity index (χ3v) is 5.39. The number of aromatic hydroxyl groups is 1. The quantitative estimate of drug-likeness (QED) is 0.216. The first kappa shape index (κ1) is 22.6. The van der Waals surface area contributed by atoms with Gasteiger partial charge in [0.1, 0.15) is 5.69 Å². The number of rotatable bonds is 5. The Kier molecular flexibility index (Phi) is 6.05. The topological polar surface area (TPSA) is 122 Å². The van der Waals surface area contributed by atoms with Crippen LogP contribution in [0.5, 0.6) is 5.75 Å². The van der Waals surface area contributed by atoms with Gasteiger partial charge < -0.3 is 10.4 Å². The maximum atomic E-state index is 13.1. The molecule has 10 nitrogen and oxygen atoms in total. The normalized spacial score (nSPS) is 11.0. The number of phenolic OH excluding ortho intramolecular Hbond substituents is 1. The molecule has 11 heteroatoms. The van der Waals surface area contributed by atoms with E-state index in [9.17, 15) is 9.90 Å². The Balaban J connectivity index is 1.61. The zero-order chi connectivity index (χ0) is 25.1. The van der Waals surface area contributed by atoms with Crippen LogP contribution < -0.4 is 5.32 Å². The van der Waals surface area contributed by atoms with E-state index in [1.807, 2.05) is 0 Å². The summed E-state index contributed by atoms with van der Waals surface area (Å²) in [6.45, 7) is 7.45. The Morgan fingerprint density at radius 3 is 2.64 bits per heavy atom. The number of hydrogen-bond donors (Lipinski definition) is 2. The highest BCUT2D eigenvalue weighted by Crippen LogP contribution is 2.40. The van der Waals surface area contributed by atoms with Gasteiger partial charge >= 0.3 is 0 Å². The van der Waals surface area contributed by atoms with Crippen LogP contribution in [-0.2, 0) is 0 Å². The molecule has 36 heavy (non-hydrogen) atoms. The summed E-state index contributed by atoms with van der Waals surface area (Å²) in [6.07, 6.45) is 4.39. The molecule has 0 atom stereocenters. The van der Waals surface area contributed by atoms with Crippen LogP contribution in [0.3, 0.4) is 0 Å². The van der Waals surface area contributed by atoms with Crippen LogP contribution in [0.2, 0.25) is 5.02 Å². The second kappa shape index (κ2) is 9.61. The molecule has 2 heterocycles. The number of nitrogens with one attached hydrogen (secondary N) is 1. The highest BCUT2D eigenvalue weighted by molar-refractivity contribution is 6.31. The predicted molar refractivity (Wildman–Crippen MR) is 135 cm³/mol. The smallest absolute Gasteiger partial charge is 0.259 e. The molecule has 0 aliphatic rings. The summed E-state index contributed by atoms with van der Waals surface area (Å²) in [7, 11) is 0. The van der Waals surface area contributed by atoms with E-state index < -0.39 is 5.91 Å². The Morgan fingerprint density at radius 1 is 1.06 bits per heavy atom. The van der Waals surface area contributed by atoms with Crippen molar-refractivity contribution in [3.8, 4) is 11.7 Å². The van der Waals surface area contributed by atoms with Crippen molar-refractivity contribution in [3.05, 3.63) is 101 Å². The van der Waals surface area contributed by atoms with Gasteiger partial charge in [-0.3, -0.25) is 4.79 Å². The Bertz CT molecular complexity index is 1680. The lowest BCUT2D eigenvalue weighted by atomic mass is 10.0. The molecule has 0 saturated carbocycles. The van der Waals surface area contributed by atoms with E-state index in [-0.39, 0.29) is 34.5 Å². The number of anilines is 1. The summed E-state index contributed by atoms with van der Waals surface area (Å²) in [5.74, 6) is -0.650. The maximum Gasteiger partial charge on any atom is 0.259 e. The van der Waals surface area contributed by atoms with E-state index in [4.69, 9.17) is 18.2 Å². The van der Waals surface area contributed by atoms with E-state index >= 15 is 0 Å². The summed E-state index contributed by atoms with van der Waals surface area (Å²) < 4.78 is 1.27. The number of aromatic nitrogens is 4. The van der Waals surface area contributed by atoms with Gasteiger partial charge in [0.25, 0.3) is 17.5 Å². The predicted octanol–water partition coefficient (Wildman–Crippen LogP) is 6.39. The third kappa shape index (κ3) is 4.34. The lowest BCUT2D eigenvalue weighted by Gasteiger charge is -2.11. The zero-order valence-electron chi connectivity index (χ0n) is 18.4. The molecule has 0 bridgehead atoms. The lowest BCUT2D eigenvalue weighted by molar-refractivity contribution is 0.102. The molecule has 0 saturated heterocycles. The van der Waals surface area contributed by atoms with Gasteiger partial charge in [0.2, 0.25) is 0 Å². The number of carbonyl (C=O) groups is 1. The van der Waals surface area contributed by atoms with E-state index in [1.165, 1.54) is 23.3 Å². The van der Waals surface area contributed by atoms with Crippen LogP contribution in [0, 0.1) is 6.57 Å². The van der Waals surface area contributed by atoms with Crippen LogP contribution in [0.25, 0.3) is 21.6 Å². The van der Waals surface area contributed by atoms with Crippen molar-refractivity contribution < 1.29 is 9.90 Å². The number of hydrogen-bond acceptors (Lipinski definition) is 7. The fourth-order valence-electron chi connectivity index (χ4n) is 3.51. The van der Waals surface area contributed by atoms with Crippen molar-refractivity contribution in [3.63, 3.8) is 0 Å². The molecule has 0 aliphatic heterocycles. The molecular weight excluding hydrogens is 480 g/mol. The molecule has 174 valence electrons. The second-order valence-electron chi connectivity index (χ2n) is 7.43. The van der Waals surface area contributed by atoms with Gasteiger partial charge in [-0.05, 0) is 35.7 Å². The number of azo groups is 1. The minimum Gasteiger partial charge on any atom is -0.505 e. The van der Waals surface area contributed by atoms with Crippen LogP contribution in [-0.4, -0.2) is 30.8 Å². The first-order valence-corrected chi connectivity index (χ1v) is 10.9. The molecule has 2 aromatic heterocycles. The Hall–Kier alpha value is -5.14. The fourth-order valence-corrected chi connectivity index (χ4v) is 3.70. The van der Waals surface area contributed by atoms with Gasteiger partial charge in [0.05, 0.1) is 18.3 Å². The minimum absolute atomic E-state index is 0.00655. The highest BCUT2D eigenvalue weighted by Gasteiger charge is 2.20. The highest BCUT2D eigenvalue weighted by atomic mass is 35.5. The van der Waals surface area contributed by atoms with Crippen molar-refractivity contribution in [2.75, 3.05) is 5.32 Å². The second-order valence-corrected chi connectivity index (χ2v) is 7.87. The van der Waals surface area contributed by atoms with E-state index in [0.717, 1.165) is 0 Å². The average Bonchev–Trinajstić information content (AvgIpc) is 3.31. The Morgan fingerprint density at radius 2 is 1.86 bits per heavy atom. The number of benzene rings is 3. The number of halogens is 1. The van der Waals surface area contributed by atoms with Crippen LogP contribution in [0.1, 0.15) is 10.4 Å². The largest absolute Gasteiger partial charge is 0.505 e. The maximum absolute atomic E-state index is 13.1. The molecule has 0 unspecified atom stereocenters. The summed E-state index contributed by atoms with van der Waals surface area (Å²) in [5.41, 5.74) is 0.636. The number of carbonyl (C=O) groups excluding carboxylic acids is 1. The van der Waals surface area contributed by atoms with E-state index in [1.54, 1.807) is 60.7 Å². The molecule has 1 amide bonds. The van der Waals surface area contributed by atoms with Gasteiger partial charge in [-0.2, -0.15) is 9.78 Å². The molecule has 0 radical (unpaired) electrons. The number of amides is 1. The van der Waals surface area contributed by atoms with E-state index in [2.05, 4.69) is 35.5 Å². The van der Waals surface area contributed by atoms with Gasteiger partial charge in [-0.1, -0.05) is 41.9 Å². The van der Waals surface area contributed by atoms with Gasteiger partial charge in [0.15, 0.2) is 11.6 Å². The fraction of sp³-hybridized carbons (Fsp3) is 0. The van der Waals surface area contributed by atoms with Gasteiger partial charge in [-0.25, -0.2) is 14.8 Å². The standard InChI is InChI=1S/C25H15ClN8O2/c1-27-20-14-30-34(25-28-10-5-11-29-25)23(20)33-32-21-18-9-3-2-6-15(18)12-19(22(21)35)24(36)31-17-8-4-7-16(26)13-17/h2-14,35H,(H,31,36). The summed E-state index contributed by atoms with van der Waals surface area (Å²) in [6, 6.07) is 17.0. The molecular formula is C25H15ClN8O2. The molecule has 5 aromatic rings. The summed E-state index contributed by atoms with van der Waals surface area (Å²) in [4.78, 5) is 24.8. The summed E-state index contributed by atoms with van der Waals surface area (Å²) in [5, 5.41) is 28.1. The van der Waals surface area contributed by atoms with Gasteiger partial charge in [-0.15, -0.1) is 10.2 Å². The first-order chi connectivity index (χ1) is 17.5. The molecule has 0 aliphatic carbocycles. The molecule has 3 aromatic carbocycles. The number of phenols is 1. The van der Waals surface area contributed by atoms with Crippen LogP contribution >= 0.6 is 11.6 Å². The molecule has 2 N–H and O–H groups in total. The first-order valence-electron chi connectivity index (χ1n) is 10.5.